The third kappa shape index (κ3) is 4.13. The lowest BCUT2D eigenvalue weighted by molar-refractivity contribution is 0.589. The molecular formula is C8H13BrN6O2S. The highest BCUT2D eigenvalue weighted by atomic mass is 79.9. The van der Waals surface area contributed by atoms with Crippen LogP contribution in [0.3, 0.4) is 0 Å². The van der Waals surface area contributed by atoms with E-state index in [1.807, 2.05) is 7.05 Å². The van der Waals surface area contributed by atoms with Gasteiger partial charge in [-0.2, -0.15) is 10.2 Å². The summed E-state index contributed by atoms with van der Waals surface area (Å²) >= 11 is 3.01. The molecule has 18 heavy (non-hydrogen) atoms. The normalized spacial score (nSPS) is 10.9. The molecule has 0 aliphatic heterocycles. The van der Waals surface area contributed by atoms with Crippen LogP contribution in [0.2, 0.25) is 0 Å². The van der Waals surface area contributed by atoms with Gasteiger partial charge in [-0.05, 0) is 22.0 Å². The summed E-state index contributed by atoms with van der Waals surface area (Å²) in [5, 5.41) is 12.1. The van der Waals surface area contributed by atoms with Gasteiger partial charge >= 0.3 is 0 Å². The second-order valence-corrected chi connectivity index (χ2v) is 5.75. The van der Waals surface area contributed by atoms with Crippen molar-refractivity contribution >= 4 is 31.8 Å². The Morgan fingerprint density at radius 3 is 2.06 bits per heavy atom. The molecule has 8 nitrogen and oxygen atoms in total. The fraction of sp³-hybridized carbons (Fsp3) is 0.250. The maximum atomic E-state index is 10.7. The van der Waals surface area contributed by atoms with Crippen molar-refractivity contribution in [2.24, 2.45) is 19.2 Å². The van der Waals surface area contributed by atoms with Gasteiger partial charge in [0.15, 0.2) is 0 Å². The number of aromatic nitrogens is 4. The summed E-state index contributed by atoms with van der Waals surface area (Å²) in [7, 11) is -0.251. The lowest BCUT2D eigenvalue weighted by atomic mass is 10.7. The van der Waals surface area contributed by atoms with E-state index in [1.165, 1.54) is 10.9 Å². The van der Waals surface area contributed by atoms with Gasteiger partial charge in [0.1, 0.15) is 5.82 Å². The second kappa shape index (κ2) is 5.50. The highest BCUT2D eigenvalue weighted by Gasteiger charge is 2.16. The number of hydrogen-bond donors (Lipinski definition) is 2. The monoisotopic (exact) mass is 336 g/mol. The van der Waals surface area contributed by atoms with Gasteiger partial charge in [0.05, 0.1) is 4.47 Å². The Balaban J connectivity index is 0.000000199. The summed E-state index contributed by atoms with van der Waals surface area (Å²) in [4.78, 5) is 0. The molecule has 2 rings (SSSR count). The van der Waals surface area contributed by atoms with Gasteiger partial charge in [-0.1, -0.05) is 0 Å². The van der Waals surface area contributed by atoms with Crippen molar-refractivity contribution in [2.45, 2.75) is 5.03 Å². The zero-order chi connectivity index (χ0) is 13.9. The molecule has 100 valence electrons. The van der Waals surface area contributed by atoms with E-state index < -0.39 is 10.0 Å². The summed E-state index contributed by atoms with van der Waals surface area (Å²) < 4.78 is 24.9. The minimum absolute atomic E-state index is 0.139. The third-order valence-corrected chi connectivity index (χ3v) is 3.44. The third-order valence-electron chi connectivity index (χ3n) is 1.76. The molecular weight excluding hydrogens is 324 g/mol. The van der Waals surface area contributed by atoms with Gasteiger partial charge in [0, 0.05) is 26.5 Å². The molecule has 0 aliphatic carbocycles. The van der Waals surface area contributed by atoms with Crippen LogP contribution < -0.4 is 10.9 Å². The van der Waals surface area contributed by atoms with Crippen LogP contribution in [0, 0.1) is 0 Å². The maximum absolute atomic E-state index is 10.7. The van der Waals surface area contributed by atoms with Gasteiger partial charge in [0.25, 0.3) is 10.0 Å². The average molecular weight is 337 g/mol. The zero-order valence-corrected chi connectivity index (χ0v) is 12.2. The number of nitrogens with two attached hydrogens (primary N) is 2. The van der Waals surface area contributed by atoms with E-state index in [2.05, 4.69) is 26.1 Å². The number of halogens is 1. The molecule has 0 saturated carbocycles. The van der Waals surface area contributed by atoms with E-state index in [0.29, 0.717) is 10.3 Å². The Morgan fingerprint density at radius 2 is 1.89 bits per heavy atom. The van der Waals surface area contributed by atoms with Crippen LogP contribution in [0.15, 0.2) is 28.0 Å². The van der Waals surface area contributed by atoms with E-state index in [1.54, 1.807) is 24.0 Å². The summed E-state index contributed by atoms with van der Waals surface area (Å²) in [6, 6.07) is 1.75. The first-order valence-corrected chi connectivity index (χ1v) is 7.01. The Morgan fingerprint density at radius 1 is 1.28 bits per heavy atom. The van der Waals surface area contributed by atoms with Gasteiger partial charge < -0.3 is 5.73 Å². The molecule has 0 unspecified atom stereocenters. The molecule has 0 atom stereocenters. The Kier molecular flexibility index (Phi) is 4.48. The number of primary sulfonamides is 1. The molecule has 10 heteroatoms. The molecule has 0 bridgehead atoms. The number of anilines is 1. The average Bonchev–Trinajstić information content (AvgIpc) is 2.72. The Labute approximate surface area is 113 Å². The molecule has 0 aliphatic rings. The predicted octanol–water partition coefficient (Wildman–Crippen LogP) is -0.168. The molecule has 0 fully saturated rings. The predicted molar refractivity (Wildman–Crippen MR) is 69.9 cm³/mol. The molecule has 2 aromatic heterocycles. The van der Waals surface area contributed by atoms with Crippen molar-refractivity contribution in [3.05, 3.63) is 22.9 Å². The van der Waals surface area contributed by atoms with Crippen molar-refractivity contribution < 1.29 is 8.42 Å². The number of hydrogen-bond acceptors (Lipinski definition) is 5. The van der Waals surface area contributed by atoms with E-state index >= 15 is 0 Å². The van der Waals surface area contributed by atoms with Crippen LogP contribution in [0.4, 0.5) is 5.82 Å². The number of nitrogen functional groups attached to an aromatic ring is 1. The summed E-state index contributed by atoms with van der Waals surface area (Å²) in [5.74, 6) is 0.572. The highest BCUT2D eigenvalue weighted by Crippen LogP contribution is 2.17. The van der Waals surface area contributed by atoms with Crippen LogP contribution in [0.5, 0.6) is 0 Å². The number of aryl methyl sites for hydroxylation is 2. The molecule has 0 spiro atoms. The fourth-order valence-corrected chi connectivity index (χ4v) is 2.68. The van der Waals surface area contributed by atoms with Crippen molar-refractivity contribution in [3.8, 4) is 0 Å². The van der Waals surface area contributed by atoms with Crippen LogP contribution in [-0.4, -0.2) is 28.0 Å². The summed E-state index contributed by atoms with van der Waals surface area (Å²) in [5.41, 5.74) is 5.25. The molecule has 0 amide bonds. The Hall–Kier alpha value is -1.39. The lowest BCUT2D eigenvalue weighted by Gasteiger charge is -1.89. The van der Waals surface area contributed by atoms with E-state index in [4.69, 9.17) is 10.9 Å². The van der Waals surface area contributed by atoms with Crippen molar-refractivity contribution in [3.63, 3.8) is 0 Å². The van der Waals surface area contributed by atoms with Crippen LogP contribution in [0.25, 0.3) is 0 Å². The summed E-state index contributed by atoms with van der Waals surface area (Å²) in [6.45, 7) is 0. The van der Waals surface area contributed by atoms with Gasteiger partial charge in [-0.3, -0.25) is 9.36 Å². The molecule has 4 N–H and O–H groups in total. The molecule has 2 aromatic rings. The minimum Gasteiger partial charge on any atom is -0.382 e. The van der Waals surface area contributed by atoms with E-state index in [9.17, 15) is 8.42 Å². The first-order valence-electron chi connectivity index (χ1n) is 4.67. The largest absolute Gasteiger partial charge is 0.382 e. The van der Waals surface area contributed by atoms with Crippen molar-refractivity contribution in [1.29, 1.82) is 0 Å². The van der Waals surface area contributed by atoms with Gasteiger partial charge in [0.2, 0.25) is 5.03 Å². The van der Waals surface area contributed by atoms with Gasteiger partial charge in [-0.15, -0.1) is 0 Å². The van der Waals surface area contributed by atoms with Gasteiger partial charge in [-0.25, -0.2) is 13.6 Å². The van der Waals surface area contributed by atoms with Crippen molar-refractivity contribution in [1.82, 2.24) is 19.6 Å². The number of rotatable bonds is 1. The van der Waals surface area contributed by atoms with E-state index in [-0.39, 0.29) is 5.03 Å². The lowest BCUT2D eigenvalue weighted by Crippen LogP contribution is -2.13. The smallest absolute Gasteiger partial charge is 0.258 e. The van der Waals surface area contributed by atoms with Crippen LogP contribution >= 0.6 is 15.9 Å². The standard InChI is InChI=1S/C4H6BrN3O2S.C4H7N3/c1-8-2-3(5)4(7-8)11(6,9)10;1-7-3-2-4(5)6-7/h2H,1H3,(H2,6,9,10);2-3H,1H3,(H2,5,6). The van der Waals surface area contributed by atoms with Crippen LogP contribution in [-0.2, 0) is 24.1 Å². The topological polar surface area (TPSA) is 122 Å². The molecule has 0 radical (unpaired) electrons. The maximum Gasteiger partial charge on any atom is 0.258 e. The highest BCUT2D eigenvalue weighted by molar-refractivity contribution is 9.10. The first-order chi connectivity index (χ1) is 8.20. The van der Waals surface area contributed by atoms with Crippen LogP contribution in [0.1, 0.15) is 0 Å². The fourth-order valence-electron chi connectivity index (χ4n) is 1.06. The molecule has 0 aromatic carbocycles. The molecule has 2 heterocycles. The second-order valence-electron chi connectivity index (χ2n) is 3.42. The minimum atomic E-state index is -3.69. The molecule has 0 saturated heterocycles. The van der Waals surface area contributed by atoms with Crippen molar-refractivity contribution in [2.75, 3.05) is 5.73 Å². The number of sulfonamides is 1. The van der Waals surface area contributed by atoms with E-state index in [0.717, 1.165) is 0 Å². The quantitative estimate of drug-likeness (QED) is 0.748. The SMILES string of the molecule is Cn1cc(Br)c(S(N)(=O)=O)n1.Cn1ccc(N)n1. The number of nitrogens with zero attached hydrogens (tertiary/aromatic N) is 4. The zero-order valence-electron chi connectivity index (χ0n) is 9.78. The summed E-state index contributed by atoms with van der Waals surface area (Å²) in [6.07, 6.45) is 3.31. The Bertz CT molecular complexity index is 615. The first kappa shape index (κ1) is 14.7.